The first-order valence-corrected chi connectivity index (χ1v) is 7.85. The number of hydrogen-bond acceptors (Lipinski definition) is 1. The molecule has 0 unspecified atom stereocenters. The van der Waals surface area contributed by atoms with Gasteiger partial charge in [-0.2, -0.15) is 0 Å². The minimum Gasteiger partial charge on any atom is -0.289 e. The minimum atomic E-state index is 0.00348. The maximum atomic E-state index is 12.4. The first-order chi connectivity index (χ1) is 9.29. The molecule has 0 aliphatic rings. The lowest BCUT2D eigenvalue weighted by Crippen LogP contribution is -2.11. The highest BCUT2D eigenvalue weighted by Crippen LogP contribution is 2.24. The summed E-state index contributed by atoms with van der Waals surface area (Å²) >= 11 is 8.22. The highest BCUT2D eigenvalue weighted by molar-refractivity contribution is 14.1. The molecule has 0 bridgehead atoms. The summed E-state index contributed by atoms with van der Waals surface area (Å²) in [6, 6.07) is 13.2. The SMILES string of the molecule is CC(C)(C)c1ccc(C(=O)c2ccc(I)c(Cl)c2)cc1. The molecule has 0 saturated carbocycles. The lowest BCUT2D eigenvalue weighted by Gasteiger charge is -2.19. The van der Waals surface area contributed by atoms with Crippen molar-refractivity contribution in [1.29, 1.82) is 0 Å². The molecule has 2 aromatic carbocycles. The third-order valence-corrected chi connectivity index (χ3v) is 4.77. The van der Waals surface area contributed by atoms with Gasteiger partial charge in [-0.15, -0.1) is 0 Å². The molecule has 0 heterocycles. The molecule has 0 amide bonds. The van der Waals surface area contributed by atoms with Crippen LogP contribution >= 0.6 is 34.2 Å². The molecule has 0 aromatic heterocycles. The normalized spacial score (nSPS) is 11.4. The quantitative estimate of drug-likeness (QED) is 0.484. The first kappa shape index (κ1) is 15.5. The summed E-state index contributed by atoms with van der Waals surface area (Å²) in [4.78, 5) is 12.4. The van der Waals surface area contributed by atoms with Crippen LogP contribution in [-0.4, -0.2) is 5.78 Å². The zero-order chi connectivity index (χ0) is 14.9. The Bertz CT molecular complexity index is 639. The number of ketones is 1. The van der Waals surface area contributed by atoms with Gasteiger partial charge in [0.25, 0.3) is 0 Å². The fraction of sp³-hybridized carbons (Fsp3) is 0.235. The monoisotopic (exact) mass is 398 g/mol. The van der Waals surface area contributed by atoms with Gasteiger partial charge in [-0.3, -0.25) is 4.79 Å². The highest BCUT2D eigenvalue weighted by Gasteiger charge is 2.15. The van der Waals surface area contributed by atoms with Crippen LogP contribution in [0.1, 0.15) is 42.3 Å². The molecule has 104 valence electrons. The molecule has 2 rings (SSSR count). The smallest absolute Gasteiger partial charge is 0.193 e. The molecule has 0 N–H and O–H groups in total. The van der Waals surface area contributed by atoms with E-state index in [1.807, 2.05) is 36.4 Å². The van der Waals surface area contributed by atoms with E-state index in [1.54, 1.807) is 6.07 Å². The average Bonchev–Trinajstić information content (AvgIpc) is 2.40. The summed E-state index contributed by atoms with van der Waals surface area (Å²) in [5.41, 5.74) is 2.62. The second-order valence-corrected chi connectivity index (χ2v) is 7.35. The fourth-order valence-electron chi connectivity index (χ4n) is 1.93. The van der Waals surface area contributed by atoms with E-state index in [9.17, 15) is 4.79 Å². The second-order valence-electron chi connectivity index (χ2n) is 5.79. The summed E-state index contributed by atoms with van der Waals surface area (Å²) in [5.74, 6) is 0.00348. The van der Waals surface area contributed by atoms with E-state index in [0.29, 0.717) is 16.1 Å². The van der Waals surface area contributed by atoms with E-state index in [-0.39, 0.29) is 11.2 Å². The Balaban J connectivity index is 2.31. The van der Waals surface area contributed by atoms with Gasteiger partial charge in [-0.1, -0.05) is 56.6 Å². The predicted molar refractivity (Wildman–Crippen MR) is 92.7 cm³/mol. The van der Waals surface area contributed by atoms with Gasteiger partial charge >= 0.3 is 0 Å². The summed E-state index contributed by atoms with van der Waals surface area (Å²) in [6.45, 7) is 6.47. The molecule has 1 nitrogen and oxygen atoms in total. The van der Waals surface area contributed by atoms with Gasteiger partial charge < -0.3 is 0 Å². The lowest BCUT2D eigenvalue weighted by atomic mass is 9.86. The standard InChI is InChI=1S/C17H16ClIO/c1-17(2,3)13-7-4-11(5-8-13)16(20)12-6-9-15(19)14(18)10-12/h4-10H,1-3H3. The van der Waals surface area contributed by atoms with Crippen LogP contribution in [-0.2, 0) is 5.41 Å². The van der Waals surface area contributed by atoms with Crippen LogP contribution in [0.15, 0.2) is 42.5 Å². The van der Waals surface area contributed by atoms with Crippen LogP contribution < -0.4 is 0 Å². The van der Waals surface area contributed by atoms with Crippen LogP contribution in [0.25, 0.3) is 0 Å². The molecule has 0 saturated heterocycles. The number of carbonyl (C=O) groups excluding carboxylic acids is 1. The van der Waals surface area contributed by atoms with Crippen LogP contribution in [0.5, 0.6) is 0 Å². The Labute approximate surface area is 138 Å². The van der Waals surface area contributed by atoms with Crippen molar-refractivity contribution in [3.05, 3.63) is 67.7 Å². The summed E-state index contributed by atoms with van der Waals surface area (Å²) < 4.78 is 0.948. The van der Waals surface area contributed by atoms with Gasteiger partial charge in [0.05, 0.1) is 5.02 Å². The molecule has 0 aliphatic heterocycles. The third-order valence-electron chi connectivity index (χ3n) is 3.19. The van der Waals surface area contributed by atoms with Crippen molar-refractivity contribution in [3.63, 3.8) is 0 Å². The molecule has 0 radical (unpaired) electrons. The summed E-state index contributed by atoms with van der Waals surface area (Å²) in [5, 5.41) is 0.614. The van der Waals surface area contributed by atoms with Crippen LogP contribution in [0, 0.1) is 3.57 Å². The molecule has 3 heteroatoms. The van der Waals surface area contributed by atoms with Crippen LogP contribution in [0.3, 0.4) is 0 Å². The van der Waals surface area contributed by atoms with Gasteiger partial charge in [0.2, 0.25) is 0 Å². The largest absolute Gasteiger partial charge is 0.289 e. The molecule has 0 atom stereocenters. The van der Waals surface area contributed by atoms with Gasteiger partial charge in [-0.25, -0.2) is 0 Å². The van der Waals surface area contributed by atoms with Crippen molar-refractivity contribution < 1.29 is 4.79 Å². The maximum Gasteiger partial charge on any atom is 0.193 e. The van der Waals surface area contributed by atoms with E-state index in [2.05, 4.69) is 43.4 Å². The molecule has 20 heavy (non-hydrogen) atoms. The average molecular weight is 399 g/mol. The number of carbonyl (C=O) groups is 1. The van der Waals surface area contributed by atoms with E-state index < -0.39 is 0 Å². The Morgan fingerprint density at radius 3 is 2.05 bits per heavy atom. The summed E-state index contributed by atoms with van der Waals surface area (Å²) in [7, 11) is 0. The van der Waals surface area contributed by atoms with E-state index in [0.717, 1.165) is 3.57 Å². The van der Waals surface area contributed by atoms with Crippen LogP contribution in [0.4, 0.5) is 0 Å². The highest BCUT2D eigenvalue weighted by atomic mass is 127. The Kier molecular flexibility index (Phi) is 4.55. The molecule has 0 aliphatic carbocycles. The zero-order valence-corrected chi connectivity index (χ0v) is 14.6. The van der Waals surface area contributed by atoms with Gasteiger partial charge in [0.1, 0.15) is 0 Å². The number of hydrogen-bond donors (Lipinski definition) is 0. The maximum absolute atomic E-state index is 12.4. The van der Waals surface area contributed by atoms with Crippen molar-refractivity contribution in [2.45, 2.75) is 26.2 Å². The molecular formula is C17H16ClIO. The third kappa shape index (κ3) is 3.41. The van der Waals surface area contributed by atoms with E-state index in [1.165, 1.54) is 5.56 Å². The van der Waals surface area contributed by atoms with E-state index >= 15 is 0 Å². The van der Waals surface area contributed by atoms with Gasteiger partial charge in [0, 0.05) is 14.7 Å². The van der Waals surface area contributed by atoms with Crippen molar-refractivity contribution in [2.24, 2.45) is 0 Å². The minimum absolute atomic E-state index is 0.00348. The molecule has 0 fully saturated rings. The predicted octanol–water partition coefficient (Wildman–Crippen LogP) is 5.47. The Morgan fingerprint density at radius 2 is 1.55 bits per heavy atom. The number of benzene rings is 2. The Hall–Kier alpha value is -0.870. The van der Waals surface area contributed by atoms with Crippen molar-refractivity contribution >= 4 is 40.0 Å². The van der Waals surface area contributed by atoms with Crippen molar-refractivity contribution in [1.82, 2.24) is 0 Å². The number of rotatable bonds is 2. The lowest BCUT2D eigenvalue weighted by molar-refractivity contribution is 0.103. The first-order valence-electron chi connectivity index (χ1n) is 6.39. The van der Waals surface area contributed by atoms with Gasteiger partial charge in [0.15, 0.2) is 5.78 Å². The fourth-order valence-corrected chi connectivity index (χ4v) is 2.44. The molecule has 2 aromatic rings. The molecule has 0 spiro atoms. The van der Waals surface area contributed by atoms with Crippen molar-refractivity contribution in [2.75, 3.05) is 0 Å². The Morgan fingerprint density at radius 1 is 1.00 bits per heavy atom. The zero-order valence-electron chi connectivity index (χ0n) is 11.7. The second kappa shape index (κ2) is 5.86. The van der Waals surface area contributed by atoms with E-state index in [4.69, 9.17) is 11.6 Å². The van der Waals surface area contributed by atoms with Crippen LogP contribution in [0.2, 0.25) is 5.02 Å². The van der Waals surface area contributed by atoms with Gasteiger partial charge in [-0.05, 0) is 51.8 Å². The molecular weight excluding hydrogens is 383 g/mol. The number of halogens is 2. The summed E-state index contributed by atoms with van der Waals surface area (Å²) in [6.07, 6.45) is 0. The topological polar surface area (TPSA) is 17.1 Å². The van der Waals surface area contributed by atoms with Crippen molar-refractivity contribution in [3.8, 4) is 0 Å².